The minimum Gasteiger partial charge on any atom is -0.554 e. The van der Waals surface area contributed by atoms with E-state index in [0.29, 0.717) is 11.8 Å². The van der Waals surface area contributed by atoms with Crippen LogP contribution in [0, 0.1) is 23.4 Å². The summed E-state index contributed by atoms with van der Waals surface area (Å²) in [6.07, 6.45) is -1.93. The number of fused-ring (bicyclic) bond motifs is 2. The summed E-state index contributed by atoms with van der Waals surface area (Å²) in [4.78, 5) is 0. The number of alkyl halides is 3. The molecule has 0 radical (unpaired) electrons. The van der Waals surface area contributed by atoms with Gasteiger partial charge < -0.3 is 5.11 Å². The zero-order valence-electron chi connectivity index (χ0n) is 9.48. The number of hydrogen-bond acceptors (Lipinski definition) is 1. The molecule has 2 fully saturated rings. The summed E-state index contributed by atoms with van der Waals surface area (Å²) in [6.45, 7) is 1.89. The first-order valence-electron chi connectivity index (χ1n) is 5.43. The second kappa shape index (κ2) is 3.65. The first-order chi connectivity index (χ1) is 6.81. The maximum Gasteiger partial charge on any atom is 0.294 e. The molecular formula is C11H16F3ORf-. The molecule has 0 spiro atoms. The van der Waals surface area contributed by atoms with Crippen LogP contribution in [-0.2, 0) is 0 Å². The molecule has 3 atom stereocenters. The van der Waals surface area contributed by atoms with Gasteiger partial charge in [0.25, 0.3) is 6.18 Å². The van der Waals surface area contributed by atoms with Gasteiger partial charge in [0.1, 0.15) is 0 Å². The topological polar surface area (TPSA) is 20.2 Å². The van der Waals surface area contributed by atoms with E-state index in [-0.39, 0.29) is 11.8 Å². The molecule has 0 aliphatic heterocycles. The quantitative estimate of drug-likeness (QED) is 0.589. The Labute approximate surface area is 87.7 Å². The van der Waals surface area contributed by atoms with Gasteiger partial charge in [0.15, 0.2) is 0 Å². The minimum atomic E-state index is -4.54. The van der Waals surface area contributed by atoms with Gasteiger partial charge in [-0.15, -0.1) is 6.42 Å². The van der Waals surface area contributed by atoms with E-state index in [1.165, 1.54) is 0 Å². The average Bonchev–Trinajstić information content (AvgIpc) is 2.60. The van der Waals surface area contributed by atoms with E-state index in [1.807, 2.05) is 6.92 Å². The summed E-state index contributed by atoms with van der Waals surface area (Å²) >= 11 is 0. The summed E-state index contributed by atoms with van der Waals surface area (Å²) in [5.74, 6) is 0.980. The van der Waals surface area contributed by atoms with E-state index in [0.717, 1.165) is 25.7 Å². The fraction of sp³-hybridized carbons (Fsp3) is 0.909. The first-order valence-corrected chi connectivity index (χ1v) is 5.43. The van der Waals surface area contributed by atoms with Crippen molar-refractivity contribution in [3.05, 3.63) is 6.10 Å². The summed E-state index contributed by atoms with van der Waals surface area (Å²) in [5.41, 5.74) is -0.317. The molecule has 2 bridgehead atoms. The van der Waals surface area contributed by atoms with E-state index < -0.39 is 12.3 Å². The molecule has 16 heavy (non-hydrogen) atoms. The van der Waals surface area contributed by atoms with Crippen LogP contribution >= 0.6 is 0 Å². The number of aliphatic hydroxyl groups is 1. The first kappa shape index (κ1) is 12.8. The standard InChI is InChI=1S/C11H16F3O.Rf/c1-10(6-9(15)11(12,13)14)5-7-2-3-8(10)4-7;/h7-8,15H,2-6H2,1H3;/q-1;. The van der Waals surface area contributed by atoms with E-state index in [2.05, 4.69) is 0 Å². The van der Waals surface area contributed by atoms with Crippen molar-refractivity contribution in [3.63, 3.8) is 0 Å². The number of hydrogen-bond donors (Lipinski definition) is 1. The van der Waals surface area contributed by atoms with E-state index in [9.17, 15) is 13.2 Å². The molecule has 90 valence electrons. The maximum atomic E-state index is 12.2. The predicted octanol–water partition coefficient (Wildman–Crippen LogP) is 3.67. The molecule has 0 aromatic rings. The van der Waals surface area contributed by atoms with E-state index in [1.54, 1.807) is 0 Å². The smallest absolute Gasteiger partial charge is 0.294 e. The second-order valence-electron chi connectivity index (χ2n) is 5.36. The van der Waals surface area contributed by atoms with E-state index in [4.69, 9.17) is 5.11 Å². The van der Waals surface area contributed by atoms with Crippen molar-refractivity contribution in [2.75, 3.05) is 0 Å². The Balaban J connectivity index is 0.00000128. The Bertz CT molecular complexity index is 256. The Morgan fingerprint density at radius 1 is 1.38 bits per heavy atom. The molecule has 2 saturated carbocycles. The molecule has 0 aromatic heterocycles. The largest absolute Gasteiger partial charge is 0.554 e. The van der Waals surface area contributed by atoms with Gasteiger partial charge in [0.05, 0.1) is 0 Å². The Hall–Kier alpha value is -1.25. The SMILES string of the molecule is CC1(C[C-](O)C(F)(F)F)CC2CCC1C2.[Rf]. The van der Waals surface area contributed by atoms with Crippen LogP contribution in [0.25, 0.3) is 0 Å². The Morgan fingerprint density at radius 2 is 2.00 bits per heavy atom. The molecule has 2 rings (SSSR count). The molecule has 1 nitrogen and oxygen atoms in total. The summed E-state index contributed by atoms with van der Waals surface area (Å²) in [5, 5.41) is 9.03. The third-order valence-electron chi connectivity index (χ3n) is 4.18. The van der Waals surface area contributed by atoms with Gasteiger partial charge in [0, 0.05) is 0 Å². The van der Waals surface area contributed by atoms with Crippen molar-refractivity contribution in [1.82, 2.24) is 0 Å². The van der Waals surface area contributed by atoms with Crippen molar-refractivity contribution in [1.29, 1.82) is 0 Å². The zero-order valence-corrected chi connectivity index (χ0v) is 15.9. The summed E-state index contributed by atoms with van der Waals surface area (Å²) in [7, 11) is 0. The number of rotatable bonds is 2. The van der Waals surface area contributed by atoms with Crippen LogP contribution in [0.15, 0.2) is 0 Å². The zero-order chi connectivity index (χ0) is 11.3. The van der Waals surface area contributed by atoms with Crippen molar-refractivity contribution < 1.29 is 18.3 Å². The molecule has 0 aromatic carbocycles. The van der Waals surface area contributed by atoms with Crippen LogP contribution < -0.4 is 0 Å². The van der Waals surface area contributed by atoms with Gasteiger partial charge in [-0.3, -0.25) is 0 Å². The molecule has 2 aliphatic rings. The molecule has 1 N–H and O–H groups in total. The third-order valence-corrected chi connectivity index (χ3v) is 4.18. The van der Waals surface area contributed by atoms with E-state index >= 15 is 0 Å². The van der Waals surface area contributed by atoms with Crippen LogP contribution in [0.3, 0.4) is 0 Å². The molecule has 5 heteroatoms. The van der Waals surface area contributed by atoms with Crippen molar-refractivity contribution in [2.45, 2.75) is 45.2 Å². The predicted molar refractivity (Wildman–Crippen MR) is 49.4 cm³/mol. The summed E-state index contributed by atoms with van der Waals surface area (Å²) in [6, 6.07) is 0. The van der Waals surface area contributed by atoms with Crippen LogP contribution in [0.4, 0.5) is 13.2 Å². The fourth-order valence-electron chi connectivity index (χ4n) is 3.42. The van der Waals surface area contributed by atoms with Crippen LogP contribution in [-0.4, -0.2) is 11.3 Å². The average molecular weight is 488 g/mol. The monoisotopic (exact) mass is 488 g/mol. The molecular weight excluding hydrogens is 472 g/mol. The Morgan fingerprint density at radius 3 is 2.38 bits per heavy atom. The van der Waals surface area contributed by atoms with Gasteiger partial charge in [-0.05, 0) is 31.1 Å². The van der Waals surface area contributed by atoms with Crippen LogP contribution in [0.1, 0.15) is 39.0 Å². The molecule has 0 heterocycles. The normalized spacial score (nSPS) is 37.9. The second-order valence-corrected chi connectivity index (χ2v) is 5.36. The molecule has 2 aliphatic carbocycles. The summed E-state index contributed by atoms with van der Waals surface area (Å²) < 4.78 is 36.7. The van der Waals surface area contributed by atoms with Crippen LogP contribution in [0.2, 0.25) is 0 Å². The third kappa shape index (κ3) is 1.99. The molecule has 0 amide bonds. The number of aliphatic hydroxyl groups excluding tert-OH is 1. The van der Waals surface area contributed by atoms with Gasteiger partial charge in [-0.1, -0.05) is 24.9 Å². The van der Waals surface area contributed by atoms with Crippen molar-refractivity contribution in [3.8, 4) is 0 Å². The van der Waals surface area contributed by atoms with Crippen molar-refractivity contribution >= 4 is 0 Å². The fourth-order valence-corrected chi connectivity index (χ4v) is 3.42. The number of halogens is 3. The van der Waals surface area contributed by atoms with Gasteiger partial charge in [-0.25, -0.2) is 13.2 Å². The van der Waals surface area contributed by atoms with Gasteiger partial charge >= 0.3 is 0 Å². The Kier molecular flexibility index (Phi) is 2.92. The maximum absolute atomic E-state index is 12.2. The van der Waals surface area contributed by atoms with Gasteiger partial charge in [-0.2, -0.15) is 0 Å². The molecule has 0 saturated heterocycles. The van der Waals surface area contributed by atoms with Crippen LogP contribution in [0.5, 0.6) is 0 Å². The molecule has 3 unspecified atom stereocenters. The van der Waals surface area contributed by atoms with Gasteiger partial charge in [0.2, 0.25) is 0 Å². The minimum absolute atomic E-state index is 0. The van der Waals surface area contributed by atoms with Crippen molar-refractivity contribution in [2.24, 2.45) is 17.3 Å².